The molecule has 0 saturated heterocycles. The Morgan fingerprint density at radius 3 is 2.92 bits per heavy atom. The maximum Gasteiger partial charge on any atom is 0.161 e. The van der Waals surface area contributed by atoms with Gasteiger partial charge in [0.1, 0.15) is 10.7 Å². The third kappa shape index (κ3) is 0.814. The van der Waals surface area contributed by atoms with Gasteiger partial charge in [-0.2, -0.15) is 0 Å². The van der Waals surface area contributed by atoms with Crippen LogP contribution in [0.3, 0.4) is 0 Å². The predicted octanol–water partition coefficient (Wildman–Crippen LogP) is 1.83. The minimum absolute atomic E-state index is 0.788. The molecule has 0 aliphatic heterocycles. The van der Waals surface area contributed by atoms with Crippen molar-refractivity contribution in [2.45, 2.75) is 13.8 Å². The third-order valence-electron chi connectivity index (χ3n) is 1.92. The third-order valence-corrected chi connectivity index (χ3v) is 3.03. The molecule has 0 atom stereocenters. The van der Waals surface area contributed by atoms with Crippen molar-refractivity contribution < 1.29 is 4.79 Å². The number of nitrogens with zero attached hydrogens (tertiary/aromatic N) is 2. The highest BCUT2D eigenvalue weighted by Crippen LogP contribution is 2.22. The molecular weight excluding hydrogens is 172 g/mol. The van der Waals surface area contributed by atoms with Crippen LogP contribution in [0.5, 0.6) is 0 Å². The van der Waals surface area contributed by atoms with Crippen LogP contribution in [-0.4, -0.2) is 15.7 Å². The Hall–Kier alpha value is -1.16. The number of carbonyl (C=O) groups excluding carboxylic acids is 1. The Morgan fingerprint density at radius 1 is 1.58 bits per heavy atom. The molecule has 0 amide bonds. The first-order valence-corrected chi connectivity index (χ1v) is 4.44. The summed E-state index contributed by atoms with van der Waals surface area (Å²) < 4.78 is 1.99. The maximum absolute atomic E-state index is 10.6. The predicted molar refractivity (Wildman–Crippen MR) is 47.9 cm³/mol. The zero-order chi connectivity index (χ0) is 8.72. The second kappa shape index (κ2) is 2.42. The number of imidazole rings is 1. The summed E-state index contributed by atoms with van der Waals surface area (Å²) in [5, 5.41) is 0. The van der Waals surface area contributed by atoms with Gasteiger partial charge in [-0.1, -0.05) is 0 Å². The number of rotatable bonds is 1. The summed E-state index contributed by atoms with van der Waals surface area (Å²) in [6.45, 7) is 3.86. The Bertz CT molecular complexity index is 441. The number of aryl methyl sites for hydroxylation is 2. The summed E-state index contributed by atoms with van der Waals surface area (Å²) in [7, 11) is 0. The van der Waals surface area contributed by atoms with Gasteiger partial charge < -0.3 is 0 Å². The number of hydrogen-bond acceptors (Lipinski definition) is 3. The summed E-state index contributed by atoms with van der Waals surface area (Å²) in [5.41, 5.74) is 0.986. The number of fused-ring (bicyclic) bond motifs is 1. The molecule has 3 nitrogen and oxygen atoms in total. The normalized spacial score (nSPS) is 10.8. The van der Waals surface area contributed by atoms with Gasteiger partial charge in [0.15, 0.2) is 6.29 Å². The second-order valence-electron chi connectivity index (χ2n) is 2.65. The summed E-state index contributed by atoms with van der Waals surface area (Å²) in [6.07, 6.45) is 2.69. The van der Waals surface area contributed by atoms with Crippen LogP contribution >= 0.6 is 11.3 Å². The number of aldehydes is 1. The number of hydrogen-bond donors (Lipinski definition) is 0. The minimum atomic E-state index is 0.788. The smallest absolute Gasteiger partial charge is 0.161 e. The fraction of sp³-hybridized carbons (Fsp3) is 0.250. The summed E-state index contributed by atoms with van der Waals surface area (Å²) in [4.78, 5) is 16.6. The van der Waals surface area contributed by atoms with Gasteiger partial charge >= 0.3 is 0 Å². The van der Waals surface area contributed by atoms with Gasteiger partial charge in [0.25, 0.3) is 0 Å². The molecule has 0 aromatic carbocycles. The topological polar surface area (TPSA) is 34.4 Å². The molecule has 62 valence electrons. The average Bonchev–Trinajstić information content (AvgIpc) is 2.55. The Balaban J connectivity index is 2.89. The van der Waals surface area contributed by atoms with Crippen molar-refractivity contribution in [2.75, 3.05) is 0 Å². The molecule has 0 N–H and O–H groups in total. The van der Waals surface area contributed by atoms with E-state index in [1.807, 2.05) is 18.2 Å². The molecule has 2 heterocycles. The van der Waals surface area contributed by atoms with Crippen molar-refractivity contribution in [3.05, 3.63) is 22.6 Å². The van der Waals surface area contributed by atoms with Crippen molar-refractivity contribution in [1.29, 1.82) is 0 Å². The van der Waals surface area contributed by atoms with Crippen LogP contribution < -0.4 is 0 Å². The van der Waals surface area contributed by atoms with Crippen molar-refractivity contribution >= 4 is 22.5 Å². The van der Waals surface area contributed by atoms with E-state index in [9.17, 15) is 4.79 Å². The van der Waals surface area contributed by atoms with Gasteiger partial charge in [-0.05, 0) is 13.8 Å². The largest absolute Gasteiger partial charge is 0.297 e. The molecule has 2 aromatic heterocycles. The van der Waals surface area contributed by atoms with Crippen molar-refractivity contribution in [1.82, 2.24) is 9.38 Å². The molecule has 12 heavy (non-hydrogen) atoms. The molecule has 0 fully saturated rings. The molecule has 0 unspecified atom stereocenters. The van der Waals surface area contributed by atoms with Crippen molar-refractivity contribution in [3.8, 4) is 0 Å². The van der Waals surface area contributed by atoms with Gasteiger partial charge in [0.2, 0.25) is 0 Å². The van der Waals surface area contributed by atoms with Crippen LogP contribution in [0.2, 0.25) is 0 Å². The highest BCUT2D eigenvalue weighted by molar-refractivity contribution is 7.19. The van der Waals surface area contributed by atoms with E-state index < -0.39 is 0 Å². The van der Waals surface area contributed by atoms with Crippen LogP contribution in [0.4, 0.5) is 0 Å². The lowest BCUT2D eigenvalue weighted by Gasteiger charge is -1.91. The summed E-state index contributed by atoms with van der Waals surface area (Å²) in [5.74, 6) is 0.937. The van der Waals surface area contributed by atoms with Gasteiger partial charge in [-0.3, -0.25) is 9.20 Å². The lowest BCUT2D eigenvalue weighted by molar-refractivity contribution is 0.112. The molecule has 0 aliphatic rings. The SMILES string of the molecule is Cc1ncc2sc(C=O)c(C)n12. The maximum atomic E-state index is 10.6. The minimum Gasteiger partial charge on any atom is -0.297 e. The van der Waals surface area contributed by atoms with E-state index in [4.69, 9.17) is 0 Å². The van der Waals surface area contributed by atoms with Crippen molar-refractivity contribution in [2.24, 2.45) is 0 Å². The summed E-state index contributed by atoms with van der Waals surface area (Å²) >= 11 is 1.48. The fourth-order valence-electron chi connectivity index (χ4n) is 1.31. The molecule has 0 spiro atoms. The molecule has 0 radical (unpaired) electrons. The first-order chi connectivity index (χ1) is 5.74. The van der Waals surface area contributed by atoms with E-state index in [0.29, 0.717) is 0 Å². The lowest BCUT2D eigenvalue weighted by atomic mass is 10.4. The van der Waals surface area contributed by atoms with E-state index in [2.05, 4.69) is 4.98 Å². The zero-order valence-corrected chi connectivity index (χ0v) is 7.68. The lowest BCUT2D eigenvalue weighted by Crippen LogP contribution is -1.90. The monoisotopic (exact) mass is 180 g/mol. The van der Waals surface area contributed by atoms with Gasteiger partial charge in [0.05, 0.1) is 11.1 Å². The zero-order valence-electron chi connectivity index (χ0n) is 6.87. The molecular formula is C8H8N2OS. The van der Waals surface area contributed by atoms with Crippen LogP contribution in [0.1, 0.15) is 21.2 Å². The van der Waals surface area contributed by atoms with Crippen LogP contribution in [0.25, 0.3) is 4.83 Å². The molecule has 0 aliphatic carbocycles. The first-order valence-electron chi connectivity index (χ1n) is 3.62. The number of carbonyl (C=O) groups is 1. The Kier molecular flexibility index (Phi) is 1.51. The van der Waals surface area contributed by atoms with Crippen LogP contribution in [-0.2, 0) is 0 Å². The molecule has 2 aromatic rings. The van der Waals surface area contributed by atoms with Crippen LogP contribution in [0, 0.1) is 13.8 Å². The standard InChI is InChI=1S/C8H8N2OS/c1-5-7(4-11)12-8-3-9-6(2)10(5)8/h3-4H,1-2H3. The fourth-order valence-corrected chi connectivity index (χ4v) is 2.29. The van der Waals surface area contributed by atoms with Gasteiger partial charge in [-0.25, -0.2) is 4.98 Å². The average molecular weight is 180 g/mol. The van der Waals surface area contributed by atoms with Gasteiger partial charge in [0, 0.05) is 5.69 Å². The Labute approximate surface area is 73.7 Å². The molecule has 0 saturated carbocycles. The Morgan fingerprint density at radius 2 is 2.33 bits per heavy atom. The van der Waals surface area contributed by atoms with E-state index in [1.165, 1.54) is 11.3 Å². The highest BCUT2D eigenvalue weighted by atomic mass is 32.1. The van der Waals surface area contributed by atoms with Crippen molar-refractivity contribution in [3.63, 3.8) is 0 Å². The highest BCUT2D eigenvalue weighted by Gasteiger charge is 2.09. The summed E-state index contributed by atoms with van der Waals surface area (Å²) in [6, 6.07) is 0. The quantitative estimate of drug-likeness (QED) is 0.627. The van der Waals surface area contributed by atoms with E-state index in [-0.39, 0.29) is 0 Å². The van der Waals surface area contributed by atoms with E-state index in [1.54, 1.807) is 6.20 Å². The van der Waals surface area contributed by atoms with E-state index in [0.717, 1.165) is 27.5 Å². The van der Waals surface area contributed by atoms with E-state index >= 15 is 0 Å². The van der Waals surface area contributed by atoms with Gasteiger partial charge in [-0.15, -0.1) is 11.3 Å². The molecule has 0 bridgehead atoms. The van der Waals surface area contributed by atoms with Crippen LogP contribution in [0.15, 0.2) is 6.20 Å². The molecule has 4 heteroatoms. The number of aromatic nitrogens is 2. The first kappa shape index (κ1) is 7.49. The number of thiazole rings is 1. The second-order valence-corrected chi connectivity index (χ2v) is 3.71. The molecule has 2 rings (SSSR count).